The first-order chi connectivity index (χ1) is 13.6. The van der Waals surface area contributed by atoms with Gasteiger partial charge in [-0.05, 0) is 30.9 Å². The Balaban J connectivity index is 1.54. The highest BCUT2D eigenvalue weighted by atomic mass is 16.2. The maximum atomic E-state index is 12.8. The molecule has 0 spiro atoms. The van der Waals surface area contributed by atoms with Crippen molar-refractivity contribution in [2.75, 3.05) is 0 Å². The van der Waals surface area contributed by atoms with Crippen LogP contribution in [0, 0.1) is 0 Å². The standard InChI is InChI=1S/C21H25N5O2/c1-2-15-8-10-16(11-9-15)18-12-19-21(28)25(22-14-26(19)24-18)13-20(27)23-17-6-4-3-5-7-17/h8-12,14,17H,2-7,13H2,1H3,(H,23,27). The van der Waals surface area contributed by atoms with Crippen LogP contribution in [0.1, 0.15) is 44.6 Å². The van der Waals surface area contributed by atoms with E-state index < -0.39 is 0 Å². The average molecular weight is 379 g/mol. The zero-order valence-corrected chi connectivity index (χ0v) is 16.1. The van der Waals surface area contributed by atoms with Crippen molar-refractivity contribution in [1.29, 1.82) is 0 Å². The fourth-order valence-electron chi connectivity index (χ4n) is 3.76. The normalized spacial score (nSPS) is 15.0. The predicted octanol–water partition coefficient (Wildman–Crippen LogP) is 2.57. The summed E-state index contributed by atoms with van der Waals surface area (Å²) in [5, 5.41) is 11.6. The monoisotopic (exact) mass is 379 g/mol. The zero-order chi connectivity index (χ0) is 19.5. The van der Waals surface area contributed by atoms with Gasteiger partial charge in [0.25, 0.3) is 5.56 Å². The molecule has 1 N–H and O–H groups in total. The molecule has 28 heavy (non-hydrogen) atoms. The number of aromatic nitrogens is 4. The number of rotatable bonds is 5. The van der Waals surface area contributed by atoms with Crippen LogP contribution in [0.2, 0.25) is 0 Å². The first-order valence-corrected chi connectivity index (χ1v) is 9.98. The first-order valence-electron chi connectivity index (χ1n) is 9.98. The molecule has 1 saturated carbocycles. The van der Waals surface area contributed by atoms with Gasteiger partial charge < -0.3 is 5.32 Å². The highest BCUT2D eigenvalue weighted by molar-refractivity contribution is 5.76. The first kappa shape index (κ1) is 18.4. The van der Waals surface area contributed by atoms with E-state index in [9.17, 15) is 9.59 Å². The number of hydrogen-bond donors (Lipinski definition) is 1. The summed E-state index contributed by atoms with van der Waals surface area (Å²) in [6, 6.07) is 10.1. The molecule has 2 heterocycles. The van der Waals surface area contributed by atoms with Crippen molar-refractivity contribution in [2.24, 2.45) is 0 Å². The third-order valence-electron chi connectivity index (χ3n) is 5.41. The minimum atomic E-state index is -0.315. The number of aryl methyl sites for hydroxylation is 1. The van der Waals surface area contributed by atoms with Crippen LogP contribution < -0.4 is 10.9 Å². The summed E-state index contributed by atoms with van der Waals surface area (Å²) < 4.78 is 2.68. The molecular weight excluding hydrogens is 354 g/mol. The van der Waals surface area contributed by atoms with Crippen LogP contribution in [-0.2, 0) is 17.8 Å². The molecule has 0 aliphatic heterocycles. The molecule has 146 valence electrons. The van der Waals surface area contributed by atoms with Gasteiger partial charge in [-0.2, -0.15) is 10.2 Å². The maximum absolute atomic E-state index is 12.8. The van der Waals surface area contributed by atoms with Crippen molar-refractivity contribution in [3.05, 3.63) is 52.6 Å². The molecule has 1 fully saturated rings. The number of benzene rings is 1. The number of carbonyl (C=O) groups is 1. The molecule has 1 aliphatic rings. The summed E-state index contributed by atoms with van der Waals surface area (Å²) in [6.45, 7) is 2.04. The van der Waals surface area contributed by atoms with Gasteiger partial charge in [0.15, 0.2) is 0 Å². The van der Waals surface area contributed by atoms with Crippen molar-refractivity contribution in [3.63, 3.8) is 0 Å². The lowest BCUT2D eigenvalue weighted by Gasteiger charge is -2.22. The summed E-state index contributed by atoms with van der Waals surface area (Å²) in [5.41, 5.74) is 3.01. The van der Waals surface area contributed by atoms with E-state index in [1.165, 1.54) is 27.5 Å². The Bertz CT molecular complexity index is 1030. The Kier molecular flexibility index (Phi) is 5.23. The molecule has 1 amide bonds. The molecule has 0 saturated heterocycles. The van der Waals surface area contributed by atoms with E-state index in [2.05, 4.69) is 34.6 Å². The van der Waals surface area contributed by atoms with Gasteiger partial charge in [-0.3, -0.25) is 9.59 Å². The molecule has 2 aromatic heterocycles. The van der Waals surface area contributed by atoms with Crippen LogP contribution in [0.4, 0.5) is 0 Å². The smallest absolute Gasteiger partial charge is 0.293 e. The molecule has 7 nitrogen and oxygen atoms in total. The van der Waals surface area contributed by atoms with Gasteiger partial charge in [-0.25, -0.2) is 9.20 Å². The Morgan fingerprint density at radius 2 is 1.93 bits per heavy atom. The van der Waals surface area contributed by atoms with Crippen LogP contribution in [0.3, 0.4) is 0 Å². The Labute approximate surface area is 163 Å². The summed E-state index contributed by atoms with van der Waals surface area (Å²) >= 11 is 0. The van der Waals surface area contributed by atoms with Crippen LogP contribution in [0.5, 0.6) is 0 Å². The number of carbonyl (C=O) groups excluding carboxylic acids is 1. The Morgan fingerprint density at radius 1 is 1.18 bits per heavy atom. The van der Waals surface area contributed by atoms with Crippen molar-refractivity contribution in [3.8, 4) is 11.3 Å². The van der Waals surface area contributed by atoms with E-state index >= 15 is 0 Å². The fourth-order valence-corrected chi connectivity index (χ4v) is 3.76. The van der Waals surface area contributed by atoms with Crippen molar-refractivity contribution in [2.45, 2.75) is 58.0 Å². The summed E-state index contributed by atoms with van der Waals surface area (Å²) in [7, 11) is 0. The second-order valence-corrected chi connectivity index (χ2v) is 7.41. The van der Waals surface area contributed by atoms with Crippen molar-refractivity contribution < 1.29 is 4.79 Å². The van der Waals surface area contributed by atoms with Crippen LogP contribution in [-0.4, -0.2) is 31.3 Å². The molecule has 0 radical (unpaired) electrons. The Morgan fingerprint density at radius 3 is 2.64 bits per heavy atom. The van der Waals surface area contributed by atoms with Crippen LogP contribution in [0.25, 0.3) is 16.8 Å². The summed E-state index contributed by atoms with van der Waals surface area (Å²) in [4.78, 5) is 25.1. The molecule has 0 atom stereocenters. The minimum absolute atomic E-state index is 0.0719. The molecule has 3 aromatic rings. The molecule has 4 rings (SSSR count). The molecule has 1 aromatic carbocycles. The number of hydrogen-bond acceptors (Lipinski definition) is 4. The highest BCUT2D eigenvalue weighted by Gasteiger charge is 2.17. The Hall–Kier alpha value is -2.96. The van der Waals surface area contributed by atoms with E-state index in [1.54, 1.807) is 6.07 Å². The fraction of sp³-hybridized carbons (Fsp3) is 0.429. The van der Waals surface area contributed by atoms with Gasteiger partial charge >= 0.3 is 0 Å². The predicted molar refractivity (Wildman–Crippen MR) is 107 cm³/mol. The van der Waals surface area contributed by atoms with Crippen LogP contribution >= 0.6 is 0 Å². The van der Waals surface area contributed by atoms with E-state index in [-0.39, 0.29) is 24.1 Å². The number of fused-ring (bicyclic) bond motifs is 1. The van der Waals surface area contributed by atoms with Gasteiger partial charge in [0.2, 0.25) is 5.91 Å². The molecule has 0 bridgehead atoms. The second kappa shape index (κ2) is 7.96. The average Bonchev–Trinajstić information content (AvgIpc) is 3.16. The lowest BCUT2D eigenvalue weighted by Crippen LogP contribution is -2.40. The highest BCUT2D eigenvalue weighted by Crippen LogP contribution is 2.19. The van der Waals surface area contributed by atoms with Gasteiger partial charge in [0, 0.05) is 11.6 Å². The minimum Gasteiger partial charge on any atom is -0.352 e. The third-order valence-corrected chi connectivity index (χ3v) is 5.41. The van der Waals surface area contributed by atoms with E-state index in [0.717, 1.165) is 37.7 Å². The molecule has 0 unspecified atom stereocenters. The zero-order valence-electron chi connectivity index (χ0n) is 16.1. The quantitative estimate of drug-likeness (QED) is 0.739. The van der Waals surface area contributed by atoms with Gasteiger partial charge in [0.1, 0.15) is 18.4 Å². The van der Waals surface area contributed by atoms with E-state index in [1.807, 2.05) is 12.1 Å². The molecule has 1 aliphatic carbocycles. The molecule has 7 heteroatoms. The van der Waals surface area contributed by atoms with Gasteiger partial charge in [-0.15, -0.1) is 0 Å². The van der Waals surface area contributed by atoms with E-state index in [0.29, 0.717) is 11.2 Å². The molecular formula is C21H25N5O2. The topological polar surface area (TPSA) is 81.3 Å². The van der Waals surface area contributed by atoms with Gasteiger partial charge in [-0.1, -0.05) is 50.5 Å². The third kappa shape index (κ3) is 3.83. The lowest BCUT2D eigenvalue weighted by molar-refractivity contribution is -0.122. The maximum Gasteiger partial charge on any atom is 0.293 e. The van der Waals surface area contributed by atoms with Crippen molar-refractivity contribution in [1.82, 2.24) is 24.7 Å². The number of nitrogens with one attached hydrogen (secondary N) is 1. The van der Waals surface area contributed by atoms with Crippen molar-refractivity contribution >= 4 is 11.4 Å². The summed E-state index contributed by atoms with van der Waals surface area (Å²) in [5.74, 6) is -0.166. The van der Waals surface area contributed by atoms with Crippen LogP contribution in [0.15, 0.2) is 41.5 Å². The number of amides is 1. The summed E-state index contributed by atoms with van der Waals surface area (Å²) in [6.07, 6.45) is 8.00. The van der Waals surface area contributed by atoms with Gasteiger partial charge in [0.05, 0.1) is 5.69 Å². The largest absolute Gasteiger partial charge is 0.352 e. The number of nitrogens with zero attached hydrogens (tertiary/aromatic N) is 4. The lowest BCUT2D eigenvalue weighted by atomic mass is 9.95. The SMILES string of the molecule is CCc1ccc(-c2cc3c(=O)n(CC(=O)NC4CCCCC4)ncn3n2)cc1. The van der Waals surface area contributed by atoms with E-state index in [4.69, 9.17) is 0 Å². The second-order valence-electron chi connectivity index (χ2n) is 7.41.